The number of esters is 1. The smallest absolute Gasteiger partial charge is 0.309 e. The highest BCUT2D eigenvalue weighted by Crippen LogP contribution is 2.66. The van der Waals surface area contributed by atoms with Crippen molar-refractivity contribution in [2.45, 2.75) is 17.8 Å². The van der Waals surface area contributed by atoms with Crippen LogP contribution in [0.25, 0.3) is 21.5 Å². The van der Waals surface area contributed by atoms with Gasteiger partial charge in [-0.25, -0.2) is 0 Å². The van der Waals surface area contributed by atoms with Crippen molar-refractivity contribution >= 4 is 27.5 Å². The van der Waals surface area contributed by atoms with Crippen LogP contribution in [0, 0.1) is 5.92 Å². The molecule has 0 N–H and O–H groups in total. The molecule has 2 aliphatic rings. The number of methoxy groups -OCH3 is 1. The Morgan fingerprint density at radius 2 is 1.29 bits per heavy atom. The summed E-state index contributed by atoms with van der Waals surface area (Å²) in [6, 6.07) is 28.0. The number of hydrogen-bond donors (Lipinski definition) is 0. The third-order valence-corrected chi connectivity index (χ3v) is 6.87. The lowest BCUT2D eigenvalue weighted by Crippen LogP contribution is -2.47. The van der Waals surface area contributed by atoms with Crippen LogP contribution in [-0.2, 0) is 9.53 Å². The lowest BCUT2D eigenvalue weighted by atomic mass is 9.48. The van der Waals surface area contributed by atoms with E-state index in [9.17, 15) is 4.79 Å². The van der Waals surface area contributed by atoms with Crippen LogP contribution in [0.1, 0.15) is 34.4 Å². The Balaban J connectivity index is 1.68. The Morgan fingerprint density at radius 1 is 0.679 bits per heavy atom. The van der Waals surface area contributed by atoms with E-state index in [1.165, 1.54) is 45.3 Å². The van der Waals surface area contributed by atoms with Crippen molar-refractivity contribution in [1.29, 1.82) is 0 Å². The fourth-order valence-corrected chi connectivity index (χ4v) is 5.81. The molecule has 2 aliphatic carbocycles. The zero-order valence-corrected chi connectivity index (χ0v) is 15.6. The second kappa shape index (κ2) is 5.68. The Labute approximate surface area is 163 Å². The molecule has 1 saturated carbocycles. The molecular weight excluding hydrogens is 344 g/mol. The fraction of sp³-hybridized carbons (Fsp3) is 0.192. The van der Waals surface area contributed by atoms with Gasteiger partial charge in [0.05, 0.1) is 13.0 Å². The van der Waals surface area contributed by atoms with Crippen molar-refractivity contribution < 1.29 is 9.53 Å². The molecular formula is C26H20O2. The number of benzene rings is 4. The number of hydrogen-bond acceptors (Lipinski definition) is 2. The molecule has 0 heterocycles. The predicted octanol–water partition coefficient (Wildman–Crippen LogP) is 5.76. The first-order valence-corrected chi connectivity index (χ1v) is 9.86. The van der Waals surface area contributed by atoms with Crippen molar-refractivity contribution in [3.8, 4) is 0 Å². The van der Waals surface area contributed by atoms with Crippen LogP contribution in [0.4, 0.5) is 0 Å². The van der Waals surface area contributed by atoms with E-state index in [4.69, 9.17) is 4.74 Å². The van der Waals surface area contributed by atoms with Gasteiger partial charge in [0.25, 0.3) is 0 Å². The zero-order valence-electron chi connectivity index (χ0n) is 15.6. The highest BCUT2D eigenvalue weighted by atomic mass is 16.5. The summed E-state index contributed by atoms with van der Waals surface area (Å²) in [5.41, 5.74) is 3.90. The van der Waals surface area contributed by atoms with E-state index in [0.29, 0.717) is 5.92 Å². The maximum atomic E-state index is 12.9. The van der Waals surface area contributed by atoms with Crippen LogP contribution < -0.4 is 0 Å². The van der Waals surface area contributed by atoms with E-state index in [1.54, 1.807) is 0 Å². The van der Waals surface area contributed by atoms with Crippen molar-refractivity contribution in [3.63, 3.8) is 0 Å². The SMILES string of the molecule is COC(=O)[C@H]1[C@H]2c3cccc4ccc5cccc(c5c34)[C@H]2[C@H]1c1ccccc1. The molecule has 0 bridgehead atoms. The molecule has 2 heteroatoms. The average molecular weight is 364 g/mol. The van der Waals surface area contributed by atoms with E-state index in [2.05, 4.69) is 72.8 Å². The predicted molar refractivity (Wildman–Crippen MR) is 112 cm³/mol. The molecule has 0 radical (unpaired) electrons. The first kappa shape index (κ1) is 15.9. The summed E-state index contributed by atoms with van der Waals surface area (Å²) in [6.07, 6.45) is 0. The highest BCUT2D eigenvalue weighted by Gasteiger charge is 2.58. The van der Waals surface area contributed by atoms with Crippen molar-refractivity contribution in [1.82, 2.24) is 0 Å². The van der Waals surface area contributed by atoms with E-state index >= 15 is 0 Å². The van der Waals surface area contributed by atoms with Crippen LogP contribution in [0.15, 0.2) is 78.9 Å². The minimum atomic E-state index is -0.147. The monoisotopic (exact) mass is 364 g/mol. The largest absolute Gasteiger partial charge is 0.469 e. The molecule has 2 nitrogen and oxygen atoms in total. The molecule has 0 aromatic heterocycles. The van der Waals surface area contributed by atoms with Gasteiger partial charge in [-0.15, -0.1) is 0 Å². The summed E-state index contributed by atoms with van der Waals surface area (Å²) < 4.78 is 5.27. The molecule has 6 rings (SSSR count). The highest BCUT2D eigenvalue weighted by molar-refractivity contribution is 6.13. The molecule has 0 unspecified atom stereocenters. The number of carbonyl (C=O) groups excluding carboxylic acids is 1. The lowest BCUT2D eigenvalue weighted by molar-refractivity contribution is -0.151. The summed E-state index contributed by atoms with van der Waals surface area (Å²) in [5, 5.41) is 5.21. The maximum absolute atomic E-state index is 12.9. The summed E-state index contributed by atoms with van der Waals surface area (Å²) >= 11 is 0. The molecule has 4 atom stereocenters. The van der Waals surface area contributed by atoms with E-state index in [0.717, 1.165) is 0 Å². The number of ether oxygens (including phenoxy) is 1. The molecule has 0 spiro atoms. The molecule has 4 aromatic carbocycles. The number of fused-ring (bicyclic) bond motifs is 3. The summed E-state index contributed by atoms with van der Waals surface area (Å²) in [7, 11) is 1.51. The first-order valence-electron chi connectivity index (χ1n) is 9.86. The standard InChI is InChI=1S/C26H20O2/c1-28-26(27)25-22(15-7-3-2-4-8-15)23-18-11-5-9-16-13-14-17-10-6-12-19(24(23)25)21(17)20(16)18/h2-14,22-25H,1H3/t22-,23+,24+,25-/m1/s1. The van der Waals surface area contributed by atoms with Gasteiger partial charge in [-0.1, -0.05) is 78.9 Å². The van der Waals surface area contributed by atoms with Crippen LogP contribution >= 0.6 is 0 Å². The number of carbonyl (C=O) groups is 1. The van der Waals surface area contributed by atoms with Crippen LogP contribution in [0.2, 0.25) is 0 Å². The molecule has 4 aromatic rings. The van der Waals surface area contributed by atoms with Crippen molar-refractivity contribution in [3.05, 3.63) is 95.6 Å². The van der Waals surface area contributed by atoms with Gasteiger partial charge in [-0.3, -0.25) is 4.79 Å². The third kappa shape index (κ3) is 1.90. The van der Waals surface area contributed by atoms with Crippen molar-refractivity contribution in [2.75, 3.05) is 7.11 Å². The van der Waals surface area contributed by atoms with E-state index in [-0.39, 0.29) is 23.7 Å². The molecule has 0 aliphatic heterocycles. The average Bonchev–Trinajstić information content (AvgIpc) is 2.73. The van der Waals surface area contributed by atoms with Crippen LogP contribution in [-0.4, -0.2) is 13.1 Å². The van der Waals surface area contributed by atoms with Crippen LogP contribution in [0.3, 0.4) is 0 Å². The number of rotatable bonds is 2. The summed E-state index contributed by atoms with van der Waals surface area (Å²) in [5.74, 6) is 0.371. The van der Waals surface area contributed by atoms with E-state index in [1.807, 2.05) is 6.07 Å². The van der Waals surface area contributed by atoms with Crippen molar-refractivity contribution in [2.24, 2.45) is 5.92 Å². The molecule has 0 saturated heterocycles. The molecule has 28 heavy (non-hydrogen) atoms. The normalized spacial score (nSPS) is 24.8. The lowest BCUT2D eigenvalue weighted by Gasteiger charge is -2.53. The fourth-order valence-electron chi connectivity index (χ4n) is 5.81. The minimum absolute atomic E-state index is 0.0985. The van der Waals surface area contributed by atoms with Crippen LogP contribution in [0.5, 0.6) is 0 Å². The Morgan fingerprint density at radius 3 is 1.89 bits per heavy atom. The Kier molecular flexibility index (Phi) is 3.22. The Hall–Kier alpha value is -3.13. The maximum Gasteiger partial charge on any atom is 0.309 e. The molecule has 136 valence electrons. The van der Waals surface area contributed by atoms with Gasteiger partial charge in [0, 0.05) is 11.8 Å². The zero-order chi connectivity index (χ0) is 18.8. The van der Waals surface area contributed by atoms with Gasteiger partial charge < -0.3 is 4.74 Å². The van der Waals surface area contributed by atoms with Gasteiger partial charge in [-0.05, 0) is 44.2 Å². The second-order valence-corrected chi connectivity index (χ2v) is 7.99. The molecule has 1 fully saturated rings. The topological polar surface area (TPSA) is 26.3 Å². The van der Waals surface area contributed by atoms with Gasteiger partial charge in [0.15, 0.2) is 0 Å². The van der Waals surface area contributed by atoms with Gasteiger partial charge >= 0.3 is 5.97 Å². The quantitative estimate of drug-likeness (QED) is 0.334. The summed E-state index contributed by atoms with van der Waals surface area (Å²) in [6.45, 7) is 0. The summed E-state index contributed by atoms with van der Waals surface area (Å²) in [4.78, 5) is 12.9. The Bertz CT molecular complexity index is 1240. The van der Waals surface area contributed by atoms with E-state index < -0.39 is 0 Å². The first-order chi connectivity index (χ1) is 13.8. The molecule has 0 amide bonds. The van der Waals surface area contributed by atoms with Gasteiger partial charge in [-0.2, -0.15) is 0 Å². The minimum Gasteiger partial charge on any atom is -0.469 e. The third-order valence-electron chi connectivity index (χ3n) is 6.87. The van der Waals surface area contributed by atoms with Gasteiger partial charge in [0.1, 0.15) is 0 Å². The second-order valence-electron chi connectivity index (χ2n) is 7.99. The van der Waals surface area contributed by atoms with Gasteiger partial charge in [0.2, 0.25) is 0 Å².